The van der Waals surface area contributed by atoms with E-state index < -0.39 is 6.04 Å². The standard InChI is InChI=1S/C10H14N6O2/c1-5-3-12-10(15-11)14-8(5)16-4-7(17)13-9(18)6(16)2/h3,6H,4,11H2,1-2H3,(H,12,14,15)(H,13,17,18). The minimum atomic E-state index is -0.470. The van der Waals surface area contributed by atoms with Crippen molar-refractivity contribution in [1.29, 1.82) is 0 Å². The van der Waals surface area contributed by atoms with E-state index in [4.69, 9.17) is 5.84 Å². The van der Waals surface area contributed by atoms with Crippen molar-refractivity contribution in [2.75, 3.05) is 16.9 Å². The van der Waals surface area contributed by atoms with Crippen molar-refractivity contribution in [1.82, 2.24) is 15.3 Å². The molecule has 18 heavy (non-hydrogen) atoms. The number of carbonyl (C=O) groups is 2. The minimum Gasteiger partial charge on any atom is -0.335 e. The molecule has 0 saturated carbocycles. The molecular weight excluding hydrogens is 236 g/mol. The topological polar surface area (TPSA) is 113 Å². The molecule has 1 fully saturated rings. The van der Waals surface area contributed by atoms with Crippen molar-refractivity contribution < 1.29 is 9.59 Å². The third-order valence-electron chi connectivity index (χ3n) is 2.77. The summed E-state index contributed by atoms with van der Waals surface area (Å²) >= 11 is 0. The highest BCUT2D eigenvalue weighted by molar-refractivity contribution is 6.04. The lowest BCUT2D eigenvalue weighted by atomic mass is 10.2. The first-order chi connectivity index (χ1) is 8.52. The van der Waals surface area contributed by atoms with E-state index in [0.717, 1.165) is 5.56 Å². The molecule has 2 heterocycles. The molecule has 1 aliphatic heterocycles. The molecule has 0 spiro atoms. The van der Waals surface area contributed by atoms with E-state index in [0.29, 0.717) is 5.82 Å². The minimum absolute atomic E-state index is 0.0781. The molecule has 1 aliphatic rings. The van der Waals surface area contributed by atoms with Gasteiger partial charge in [0.15, 0.2) is 0 Å². The summed E-state index contributed by atoms with van der Waals surface area (Å²) in [7, 11) is 0. The highest BCUT2D eigenvalue weighted by atomic mass is 16.2. The number of piperazine rings is 1. The summed E-state index contributed by atoms with van der Waals surface area (Å²) < 4.78 is 0. The molecule has 0 radical (unpaired) electrons. The number of nitrogen functional groups attached to an aromatic ring is 1. The summed E-state index contributed by atoms with van der Waals surface area (Å²) in [4.78, 5) is 32.8. The molecule has 8 heteroatoms. The van der Waals surface area contributed by atoms with Crippen LogP contribution in [-0.2, 0) is 9.59 Å². The second-order valence-electron chi connectivity index (χ2n) is 4.06. The van der Waals surface area contributed by atoms with Gasteiger partial charge in [-0.05, 0) is 13.8 Å². The van der Waals surface area contributed by atoms with E-state index in [1.165, 1.54) is 0 Å². The Labute approximate surface area is 104 Å². The summed E-state index contributed by atoms with van der Waals surface area (Å²) in [6.07, 6.45) is 1.58. The Kier molecular flexibility index (Phi) is 3.11. The summed E-state index contributed by atoms with van der Waals surface area (Å²) in [5.41, 5.74) is 3.10. The third kappa shape index (κ3) is 2.09. The van der Waals surface area contributed by atoms with Crippen LogP contribution in [0.15, 0.2) is 6.20 Å². The lowest BCUT2D eigenvalue weighted by Gasteiger charge is -2.33. The quantitative estimate of drug-likeness (QED) is 0.347. The molecule has 1 saturated heterocycles. The van der Waals surface area contributed by atoms with Gasteiger partial charge in [-0.15, -0.1) is 0 Å². The van der Waals surface area contributed by atoms with Gasteiger partial charge >= 0.3 is 0 Å². The van der Waals surface area contributed by atoms with Crippen LogP contribution in [0.1, 0.15) is 12.5 Å². The van der Waals surface area contributed by atoms with Crippen molar-refractivity contribution in [3.8, 4) is 0 Å². The van der Waals surface area contributed by atoms with Crippen molar-refractivity contribution in [2.24, 2.45) is 5.84 Å². The molecule has 2 amide bonds. The van der Waals surface area contributed by atoms with Gasteiger partial charge in [0, 0.05) is 11.8 Å². The molecule has 96 valence electrons. The number of hydrogen-bond donors (Lipinski definition) is 3. The van der Waals surface area contributed by atoms with Gasteiger partial charge in [-0.1, -0.05) is 0 Å². The number of amides is 2. The van der Waals surface area contributed by atoms with Crippen molar-refractivity contribution in [3.05, 3.63) is 11.8 Å². The highest BCUT2D eigenvalue weighted by Crippen LogP contribution is 2.21. The molecule has 0 aliphatic carbocycles. The van der Waals surface area contributed by atoms with Crippen LogP contribution < -0.4 is 21.5 Å². The molecule has 0 aromatic carbocycles. The number of hydrazine groups is 1. The molecule has 1 unspecified atom stereocenters. The van der Waals surface area contributed by atoms with Crippen molar-refractivity contribution >= 4 is 23.6 Å². The molecule has 4 N–H and O–H groups in total. The van der Waals surface area contributed by atoms with Crippen LogP contribution in [0.25, 0.3) is 0 Å². The van der Waals surface area contributed by atoms with Gasteiger partial charge in [0.2, 0.25) is 17.8 Å². The van der Waals surface area contributed by atoms with Gasteiger partial charge in [0.05, 0.1) is 6.54 Å². The van der Waals surface area contributed by atoms with Crippen molar-refractivity contribution in [3.63, 3.8) is 0 Å². The van der Waals surface area contributed by atoms with Crippen LogP contribution in [0.3, 0.4) is 0 Å². The zero-order valence-electron chi connectivity index (χ0n) is 10.1. The van der Waals surface area contributed by atoms with Crippen LogP contribution >= 0.6 is 0 Å². The van der Waals surface area contributed by atoms with Crippen molar-refractivity contribution in [2.45, 2.75) is 19.9 Å². The Morgan fingerprint density at radius 1 is 1.56 bits per heavy atom. The van der Waals surface area contributed by atoms with E-state index in [-0.39, 0.29) is 24.3 Å². The maximum atomic E-state index is 11.6. The molecule has 1 aromatic heterocycles. The van der Waals surface area contributed by atoms with Gasteiger partial charge in [-0.25, -0.2) is 10.8 Å². The van der Waals surface area contributed by atoms with Crippen LogP contribution in [0.2, 0.25) is 0 Å². The fourth-order valence-corrected chi connectivity index (χ4v) is 1.77. The van der Waals surface area contributed by atoms with Gasteiger partial charge in [-0.2, -0.15) is 4.98 Å². The molecule has 1 atom stereocenters. The first kappa shape index (κ1) is 12.2. The van der Waals surface area contributed by atoms with Gasteiger partial charge in [0.1, 0.15) is 11.9 Å². The fourth-order valence-electron chi connectivity index (χ4n) is 1.77. The Balaban J connectivity index is 2.40. The molecule has 2 rings (SSSR count). The number of anilines is 2. The molecule has 0 bridgehead atoms. The zero-order chi connectivity index (χ0) is 13.3. The maximum Gasteiger partial charge on any atom is 0.249 e. The number of aryl methyl sites for hydroxylation is 1. The lowest BCUT2D eigenvalue weighted by Crippen LogP contribution is -2.57. The number of carbonyl (C=O) groups excluding carboxylic acids is 2. The second kappa shape index (κ2) is 4.57. The third-order valence-corrected chi connectivity index (χ3v) is 2.77. The number of aromatic nitrogens is 2. The fraction of sp³-hybridized carbons (Fsp3) is 0.400. The largest absolute Gasteiger partial charge is 0.335 e. The summed E-state index contributed by atoms with van der Waals surface area (Å²) in [6, 6.07) is -0.470. The number of nitrogens with two attached hydrogens (primary N) is 1. The zero-order valence-corrected chi connectivity index (χ0v) is 10.1. The average Bonchev–Trinajstić information content (AvgIpc) is 2.34. The maximum absolute atomic E-state index is 11.6. The second-order valence-corrected chi connectivity index (χ2v) is 4.06. The van der Waals surface area contributed by atoms with E-state index in [9.17, 15) is 9.59 Å². The molecule has 1 aromatic rings. The number of imide groups is 1. The van der Waals surface area contributed by atoms with Gasteiger partial charge < -0.3 is 4.90 Å². The Bertz CT molecular complexity index is 503. The Morgan fingerprint density at radius 3 is 2.94 bits per heavy atom. The number of rotatable bonds is 2. The highest BCUT2D eigenvalue weighted by Gasteiger charge is 2.32. The predicted molar refractivity (Wildman–Crippen MR) is 64.5 cm³/mol. The molecule has 8 nitrogen and oxygen atoms in total. The van der Waals surface area contributed by atoms with Gasteiger partial charge in [0.25, 0.3) is 0 Å². The first-order valence-corrected chi connectivity index (χ1v) is 5.43. The van der Waals surface area contributed by atoms with Crippen LogP contribution in [-0.4, -0.2) is 34.4 Å². The lowest BCUT2D eigenvalue weighted by molar-refractivity contribution is -0.132. The van der Waals surface area contributed by atoms with E-state index in [2.05, 4.69) is 20.7 Å². The summed E-state index contributed by atoms with van der Waals surface area (Å²) in [5, 5.41) is 2.27. The predicted octanol–water partition coefficient (Wildman–Crippen LogP) is -1.08. The number of hydrogen-bond acceptors (Lipinski definition) is 7. The normalized spacial score (nSPS) is 19.7. The van der Waals surface area contributed by atoms with E-state index in [1.807, 2.05) is 0 Å². The molecular formula is C10H14N6O2. The number of nitrogens with one attached hydrogen (secondary N) is 2. The average molecular weight is 250 g/mol. The summed E-state index contributed by atoms with van der Waals surface area (Å²) in [5.74, 6) is 5.32. The van der Waals surface area contributed by atoms with Crippen LogP contribution in [0.4, 0.5) is 11.8 Å². The van der Waals surface area contributed by atoms with Gasteiger partial charge in [-0.3, -0.25) is 20.3 Å². The smallest absolute Gasteiger partial charge is 0.249 e. The van der Waals surface area contributed by atoms with E-state index in [1.54, 1.807) is 24.9 Å². The van der Waals surface area contributed by atoms with Crippen LogP contribution in [0, 0.1) is 6.92 Å². The Hall–Kier alpha value is -2.22. The number of nitrogens with zero attached hydrogens (tertiary/aromatic N) is 3. The van der Waals surface area contributed by atoms with Crippen LogP contribution in [0.5, 0.6) is 0 Å². The Morgan fingerprint density at radius 2 is 2.28 bits per heavy atom. The summed E-state index contributed by atoms with van der Waals surface area (Å²) in [6.45, 7) is 3.59. The first-order valence-electron chi connectivity index (χ1n) is 5.43. The SMILES string of the molecule is Cc1cnc(NN)nc1N1CC(=O)NC(=O)C1C. The van der Waals surface area contributed by atoms with E-state index >= 15 is 0 Å². The monoisotopic (exact) mass is 250 g/mol.